The first-order valence-electron chi connectivity index (χ1n) is 5.95. The van der Waals surface area contributed by atoms with Gasteiger partial charge in [-0.15, -0.1) is 11.3 Å². The predicted octanol–water partition coefficient (Wildman–Crippen LogP) is 3.78. The molecule has 1 aromatic carbocycles. The number of fused-ring (bicyclic) bond motifs is 1. The van der Waals surface area contributed by atoms with Crippen molar-refractivity contribution in [2.75, 3.05) is 7.11 Å². The van der Waals surface area contributed by atoms with Gasteiger partial charge in [-0.05, 0) is 13.0 Å². The van der Waals surface area contributed by atoms with Crippen molar-refractivity contribution in [2.45, 2.75) is 6.92 Å². The topological polar surface area (TPSA) is 42.1 Å². The van der Waals surface area contributed by atoms with E-state index in [1.807, 2.05) is 36.6 Å². The summed E-state index contributed by atoms with van der Waals surface area (Å²) in [6.07, 6.45) is 0. The van der Waals surface area contributed by atoms with Crippen LogP contribution < -0.4 is 4.74 Å². The van der Waals surface area contributed by atoms with Gasteiger partial charge in [0, 0.05) is 28.0 Å². The number of nitrogens with one attached hydrogen (secondary N) is 1. The molecular formula is C15H13NO2S. The van der Waals surface area contributed by atoms with Crippen molar-refractivity contribution in [3.63, 3.8) is 0 Å². The molecule has 0 bridgehead atoms. The average Bonchev–Trinajstić information content (AvgIpc) is 3.01. The maximum atomic E-state index is 12.6. The fourth-order valence-corrected chi connectivity index (χ4v) is 3.04. The minimum Gasteiger partial charge on any atom is -0.496 e. The first kappa shape index (κ1) is 12.0. The molecule has 1 N–H and O–H groups in total. The summed E-state index contributed by atoms with van der Waals surface area (Å²) in [5.74, 6) is 0.772. The second kappa shape index (κ2) is 4.55. The molecule has 2 aromatic heterocycles. The molecule has 0 saturated heterocycles. The van der Waals surface area contributed by atoms with Crippen LogP contribution in [0.25, 0.3) is 10.9 Å². The Labute approximate surface area is 114 Å². The number of H-pyrrole nitrogens is 1. The highest BCUT2D eigenvalue weighted by atomic mass is 32.1. The third-order valence-electron chi connectivity index (χ3n) is 3.16. The summed E-state index contributed by atoms with van der Waals surface area (Å²) in [4.78, 5) is 16.6. The van der Waals surface area contributed by atoms with Gasteiger partial charge in [0.2, 0.25) is 5.78 Å². The minimum atomic E-state index is 0.0447. The van der Waals surface area contributed by atoms with E-state index in [4.69, 9.17) is 4.74 Å². The number of aromatic nitrogens is 1. The average molecular weight is 271 g/mol. The number of carbonyl (C=O) groups is 1. The monoisotopic (exact) mass is 271 g/mol. The maximum absolute atomic E-state index is 12.6. The summed E-state index contributed by atoms with van der Waals surface area (Å²) < 4.78 is 5.13. The van der Waals surface area contributed by atoms with Crippen molar-refractivity contribution < 1.29 is 9.53 Å². The number of methoxy groups -OCH3 is 1. The van der Waals surface area contributed by atoms with Crippen LogP contribution in [0.4, 0.5) is 0 Å². The van der Waals surface area contributed by atoms with E-state index in [1.54, 1.807) is 13.2 Å². The smallest absolute Gasteiger partial charge is 0.205 e. The highest BCUT2D eigenvalue weighted by Crippen LogP contribution is 2.28. The summed E-state index contributed by atoms with van der Waals surface area (Å²) in [5, 5.41) is 2.81. The molecule has 2 heterocycles. The number of ketones is 1. The Kier molecular flexibility index (Phi) is 2.87. The number of benzene rings is 1. The van der Waals surface area contributed by atoms with Gasteiger partial charge >= 0.3 is 0 Å². The van der Waals surface area contributed by atoms with Gasteiger partial charge in [0.05, 0.1) is 17.6 Å². The van der Waals surface area contributed by atoms with Crippen LogP contribution in [0, 0.1) is 6.92 Å². The molecule has 3 nitrogen and oxygen atoms in total. The lowest BCUT2D eigenvalue weighted by Gasteiger charge is -1.98. The molecule has 0 aliphatic carbocycles. The maximum Gasteiger partial charge on any atom is 0.205 e. The molecule has 3 aromatic rings. The Morgan fingerprint density at radius 1 is 1.32 bits per heavy atom. The Balaban J connectivity index is 2.13. The summed E-state index contributed by atoms with van der Waals surface area (Å²) >= 11 is 1.41. The molecule has 0 aliphatic rings. The molecule has 0 aliphatic heterocycles. The van der Waals surface area contributed by atoms with Gasteiger partial charge in [0.1, 0.15) is 5.75 Å². The lowest BCUT2D eigenvalue weighted by molar-refractivity contribution is 0.104. The summed E-state index contributed by atoms with van der Waals surface area (Å²) in [6, 6.07) is 9.64. The molecule has 0 atom stereocenters. The van der Waals surface area contributed by atoms with Crippen LogP contribution in [0.15, 0.2) is 35.7 Å². The molecule has 0 saturated carbocycles. The van der Waals surface area contributed by atoms with Crippen molar-refractivity contribution >= 4 is 28.0 Å². The zero-order valence-corrected chi connectivity index (χ0v) is 11.5. The van der Waals surface area contributed by atoms with Crippen molar-refractivity contribution in [1.29, 1.82) is 0 Å². The van der Waals surface area contributed by atoms with Gasteiger partial charge in [0.25, 0.3) is 0 Å². The lowest BCUT2D eigenvalue weighted by Crippen LogP contribution is -1.99. The van der Waals surface area contributed by atoms with E-state index >= 15 is 0 Å². The molecular weight excluding hydrogens is 258 g/mol. The van der Waals surface area contributed by atoms with Gasteiger partial charge in [-0.25, -0.2) is 0 Å². The zero-order chi connectivity index (χ0) is 13.4. The van der Waals surface area contributed by atoms with Gasteiger partial charge < -0.3 is 9.72 Å². The van der Waals surface area contributed by atoms with Crippen molar-refractivity contribution in [3.8, 4) is 5.75 Å². The number of aromatic amines is 1. The van der Waals surface area contributed by atoms with Crippen LogP contribution in [-0.2, 0) is 0 Å². The van der Waals surface area contributed by atoms with Crippen LogP contribution in [0.3, 0.4) is 0 Å². The Bertz CT molecular complexity index is 754. The fraction of sp³-hybridized carbons (Fsp3) is 0.133. The Hall–Kier alpha value is -2.07. The van der Waals surface area contributed by atoms with E-state index in [-0.39, 0.29) is 5.78 Å². The highest BCUT2D eigenvalue weighted by molar-refractivity contribution is 7.12. The van der Waals surface area contributed by atoms with E-state index < -0.39 is 0 Å². The predicted molar refractivity (Wildman–Crippen MR) is 77.3 cm³/mol. The normalized spacial score (nSPS) is 10.8. The van der Waals surface area contributed by atoms with Crippen LogP contribution >= 0.6 is 11.3 Å². The van der Waals surface area contributed by atoms with Crippen LogP contribution in [0.1, 0.15) is 20.9 Å². The van der Waals surface area contributed by atoms with E-state index in [9.17, 15) is 4.79 Å². The number of thiophene rings is 1. The number of para-hydroxylation sites is 1. The van der Waals surface area contributed by atoms with E-state index in [0.717, 1.165) is 27.9 Å². The van der Waals surface area contributed by atoms with E-state index in [0.29, 0.717) is 4.88 Å². The standard InChI is InChI=1S/C15H13NO2S/c1-9-14(11-5-3-4-6-12(11)16-9)15(17)13-7-10(18-2)8-19-13/h3-8,16H,1-2H3. The van der Waals surface area contributed by atoms with Gasteiger partial charge in [-0.1, -0.05) is 18.2 Å². The SMILES string of the molecule is COc1csc(C(=O)c2c(C)[nH]c3ccccc23)c1. The first-order valence-corrected chi connectivity index (χ1v) is 6.83. The molecule has 96 valence electrons. The van der Waals surface area contributed by atoms with Gasteiger partial charge in [-0.3, -0.25) is 4.79 Å². The fourth-order valence-electron chi connectivity index (χ4n) is 2.24. The zero-order valence-electron chi connectivity index (χ0n) is 10.7. The van der Waals surface area contributed by atoms with Gasteiger partial charge in [-0.2, -0.15) is 0 Å². The van der Waals surface area contributed by atoms with Crippen LogP contribution in [0.5, 0.6) is 5.75 Å². The number of carbonyl (C=O) groups excluding carboxylic acids is 1. The number of hydrogen-bond acceptors (Lipinski definition) is 3. The second-order valence-corrected chi connectivity index (χ2v) is 5.26. The molecule has 0 spiro atoms. The quantitative estimate of drug-likeness (QED) is 0.737. The molecule has 3 rings (SSSR count). The van der Waals surface area contributed by atoms with Crippen molar-refractivity contribution in [1.82, 2.24) is 4.98 Å². The minimum absolute atomic E-state index is 0.0447. The number of rotatable bonds is 3. The van der Waals surface area contributed by atoms with Crippen molar-refractivity contribution in [3.05, 3.63) is 51.8 Å². The van der Waals surface area contributed by atoms with Crippen LogP contribution in [0.2, 0.25) is 0 Å². The lowest BCUT2D eigenvalue weighted by atomic mass is 10.1. The van der Waals surface area contributed by atoms with E-state index in [1.165, 1.54) is 11.3 Å². The van der Waals surface area contributed by atoms with Crippen molar-refractivity contribution in [2.24, 2.45) is 0 Å². The second-order valence-electron chi connectivity index (χ2n) is 4.35. The highest BCUT2D eigenvalue weighted by Gasteiger charge is 2.19. The molecule has 0 fully saturated rings. The van der Waals surface area contributed by atoms with Crippen LogP contribution in [-0.4, -0.2) is 17.9 Å². The first-order chi connectivity index (χ1) is 9.20. The number of ether oxygens (including phenoxy) is 1. The number of aryl methyl sites for hydroxylation is 1. The third-order valence-corrected chi connectivity index (χ3v) is 4.06. The third kappa shape index (κ3) is 1.94. The summed E-state index contributed by atoms with van der Waals surface area (Å²) in [5.41, 5.74) is 2.64. The molecule has 0 radical (unpaired) electrons. The molecule has 0 unspecified atom stereocenters. The largest absolute Gasteiger partial charge is 0.496 e. The molecule has 19 heavy (non-hydrogen) atoms. The Morgan fingerprint density at radius 3 is 2.84 bits per heavy atom. The molecule has 0 amide bonds. The van der Waals surface area contributed by atoms with Gasteiger partial charge in [0.15, 0.2) is 0 Å². The Morgan fingerprint density at radius 2 is 2.11 bits per heavy atom. The number of hydrogen-bond donors (Lipinski definition) is 1. The summed E-state index contributed by atoms with van der Waals surface area (Å²) in [7, 11) is 1.60. The molecule has 4 heteroatoms. The summed E-state index contributed by atoms with van der Waals surface area (Å²) in [6.45, 7) is 1.93. The van der Waals surface area contributed by atoms with E-state index in [2.05, 4.69) is 4.98 Å².